The van der Waals surface area contributed by atoms with Gasteiger partial charge in [-0.15, -0.1) is 0 Å². The minimum absolute atomic E-state index is 0.0775. The van der Waals surface area contributed by atoms with Crippen molar-refractivity contribution >= 4 is 35.1 Å². The summed E-state index contributed by atoms with van der Waals surface area (Å²) in [6, 6.07) is 1.80. The number of carbonyl (C=O) groups is 1. The Hall–Kier alpha value is -2.89. The molecule has 0 atom stereocenters. The van der Waals surface area contributed by atoms with Crippen LogP contribution >= 0.6 is 11.6 Å². The van der Waals surface area contributed by atoms with Crippen molar-refractivity contribution in [2.75, 3.05) is 25.6 Å². The molecule has 0 spiro atoms. The molecule has 0 aromatic carbocycles. The third kappa shape index (κ3) is 7.08. The Labute approximate surface area is 190 Å². The molecule has 1 aliphatic heterocycles. The lowest BCUT2D eigenvalue weighted by molar-refractivity contribution is 0.182. The molecular weight excluding hydrogens is 438 g/mol. The van der Waals surface area contributed by atoms with Crippen LogP contribution < -0.4 is 10.6 Å². The standard InChI is InChI=1S/C11H11ClN6O.C5H9NO2.C4H8O/c1-19-6-7-5-18-10(15-7)8(12)4-13-11(18)16-9-2-3-14-17-9;1-5(2-3-5)6-4(7)8;1-2-4-5-3-1/h2-5H,6H2,1H3,(H2,13,14,16,17);6H,2-3H2,1H3,(H,7,8);1-4H2. The van der Waals surface area contributed by atoms with Crippen LogP contribution in [0, 0.1) is 0 Å². The van der Waals surface area contributed by atoms with Gasteiger partial charge >= 0.3 is 6.09 Å². The Balaban J connectivity index is 0.000000181. The van der Waals surface area contributed by atoms with Gasteiger partial charge < -0.3 is 25.2 Å². The van der Waals surface area contributed by atoms with Crippen LogP contribution in [0.5, 0.6) is 0 Å². The fourth-order valence-electron chi connectivity index (χ4n) is 2.83. The maximum absolute atomic E-state index is 9.94. The second-order valence-corrected chi connectivity index (χ2v) is 8.10. The zero-order chi connectivity index (χ0) is 23.0. The van der Waals surface area contributed by atoms with Crippen LogP contribution in [-0.2, 0) is 16.1 Å². The molecule has 3 aromatic heterocycles. The summed E-state index contributed by atoms with van der Waals surface area (Å²) in [6.45, 7) is 4.32. The number of hydrogen-bond acceptors (Lipinski definition) is 7. The number of H-pyrrole nitrogens is 1. The van der Waals surface area contributed by atoms with Crippen molar-refractivity contribution in [3.8, 4) is 0 Å². The molecule has 0 bridgehead atoms. The highest BCUT2D eigenvalue weighted by molar-refractivity contribution is 6.33. The first-order chi connectivity index (χ1) is 15.4. The number of fused-ring (bicyclic) bond motifs is 1. The molecular formula is C20H28ClN7O4. The van der Waals surface area contributed by atoms with E-state index >= 15 is 0 Å². The average Bonchev–Trinajstić information content (AvgIpc) is 3.28. The number of nitrogens with one attached hydrogen (secondary N) is 3. The van der Waals surface area contributed by atoms with Gasteiger partial charge in [0.05, 0.1) is 24.7 Å². The zero-order valence-corrected chi connectivity index (χ0v) is 18.9. The lowest BCUT2D eigenvalue weighted by Gasteiger charge is -2.05. The Bertz CT molecular complexity index is 993. The van der Waals surface area contributed by atoms with Gasteiger partial charge in [-0.3, -0.25) is 9.50 Å². The minimum Gasteiger partial charge on any atom is -0.465 e. The topological polar surface area (TPSA) is 139 Å². The van der Waals surface area contributed by atoms with Gasteiger partial charge in [-0.25, -0.2) is 14.8 Å². The molecule has 32 heavy (non-hydrogen) atoms. The summed E-state index contributed by atoms with van der Waals surface area (Å²) < 4.78 is 11.8. The van der Waals surface area contributed by atoms with Gasteiger partial charge in [0, 0.05) is 38.1 Å². The number of carboxylic acid groups (broad SMARTS) is 1. The van der Waals surface area contributed by atoms with E-state index < -0.39 is 6.09 Å². The summed E-state index contributed by atoms with van der Waals surface area (Å²) in [5, 5.41) is 20.8. The molecule has 4 heterocycles. The Kier molecular flexibility index (Phi) is 8.26. The van der Waals surface area contributed by atoms with E-state index in [0.717, 1.165) is 37.6 Å². The smallest absolute Gasteiger partial charge is 0.405 e. The third-order valence-corrected chi connectivity index (χ3v) is 5.04. The number of halogens is 1. The second-order valence-electron chi connectivity index (χ2n) is 7.69. The van der Waals surface area contributed by atoms with Crippen LogP contribution in [0.2, 0.25) is 5.02 Å². The van der Waals surface area contributed by atoms with Crippen LogP contribution in [0.25, 0.3) is 5.65 Å². The van der Waals surface area contributed by atoms with Crippen LogP contribution in [-0.4, -0.2) is 61.6 Å². The number of imidazole rings is 1. The normalized spacial score (nSPS) is 15.8. The summed E-state index contributed by atoms with van der Waals surface area (Å²) in [5.74, 6) is 1.33. The van der Waals surface area contributed by atoms with Crippen molar-refractivity contribution < 1.29 is 19.4 Å². The number of nitrogens with zero attached hydrogens (tertiary/aromatic N) is 4. The van der Waals surface area contributed by atoms with Crippen molar-refractivity contribution in [2.24, 2.45) is 0 Å². The van der Waals surface area contributed by atoms with E-state index in [9.17, 15) is 4.79 Å². The molecule has 4 N–H and O–H groups in total. The average molecular weight is 466 g/mol. The second kappa shape index (κ2) is 11.1. The van der Waals surface area contributed by atoms with Gasteiger partial charge in [0.15, 0.2) is 5.65 Å². The van der Waals surface area contributed by atoms with Gasteiger partial charge in [0.25, 0.3) is 0 Å². The largest absolute Gasteiger partial charge is 0.465 e. The fraction of sp³-hybridized carbons (Fsp3) is 0.500. The van der Waals surface area contributed by atoms with Gasteiger partial charge in [0.1, 0.15) is 10.8 Å². The number of aromatic nitrogens is 5. The molecule has 1 amide bonds. The molecule has 1 saturated heterocycles. The Morgan fingerprint density at radius 2 is 2.16 bits per heavy atom. The lowest BCUT2D eigenvalue weighted by Crippen LogP contribution is -2.32. The minimum atomic E-state index is -0.912. The fourth-order valence-corrected chi connectivity index (χ4v) is 3.02. The van der Waals surface area contributed by atoms with E-state index in [2.05, 4.69) is 30.8 Å². The Morgan fingerprint density at radius 3 is 2.66 bits per heavy atom. The summed E-state index contributed by atoms with van der Waals surface area (Å²) in [6.07, 6.45) is 8.65. The number of anilines is 2. The number of amides is 1. The first kappa shape index (κ1) is 23.8. The Morgan fingerprint density at radius 1 is 1.41 bits per heavy atom. The number of ether oxygens (including phenoxy) is 2. The number of rotatable bonds is 5. The summed E-state index contributed by atoms with van der Waals surface area (Å²) in [7, 11) is 1.62. The third-order valence-electron chi connectivity index (χ3n) is 4.77. The molecule has 0 radical (unpaired) electrons. The molecule has 12 heteroatoms. The zero-order valence-electron chi connectivity index (χ0n) is 18.1. The highest BCUT2D eigenvalue weighted by Crippen LogP contribution is 2.33. The summed E-state index contributed by atoms with van der Waals surface area (Å²) in [4.78, 5) is 18.6. The van der Waals surface area contributed by atoms with Crippen molar-refractivity contribution in [3.63, 3.8) is 0 Å². The van der Waals surface area contributed by atoms with Gasteiger partial charge in [0.2, 0.25) is 5.95 Å². The quantitative estimate of drug-likeness (QED) is 0.448. The molecule has 1 saturated carbocycles. The van der Waals surface area contributed by atoms with Crippen LogP contribution in [0.15, 0.2) is 24.7 Å². The molecule has 1 aliphatic carbocycles. The lowest BCUT2D eigenvalue weighted by atomic mass is 10.3. The SMILES string of the molecule is C1CCOC1.CC1(NC(=O)O)CC1.COCc1cn2c(Nc3ccn[nH]3)ncc(Cl)c2n1. The maximum Gasteiger partial charge on any atom is 0.405 e. The van der Waals surface area contributed by atoms with Crippen molar-refractivity contribution in [1.82, 2.24) is 29.9 Å². The predicted octanol–water partition coefficient (Wildman–Crippen LogP) is 3.60. The molecule has 2 aliphatic rings. The van der Waals surface area contributed by atoms with E-state index in [1.807, 2.05) is 13.1 Å². The van der Waals surface area contributed by atoms with Crippen LogP contribution in [0.3, 0.4) is 0 Å². The number of aromatic amines is 1. The van der Waals surface area contributed by atoms with E-state index in [-0.39, 0.29) is 5.54 Å². The maximum atomic E-state index is 9.94. The highest BCUT2D eigenvalue weighted by atomic mass is 35.5. The molecule has 2 fully saturated rings. The van der Waals surface area contributed by atoms with Crippen molar-refractivity contribution in [3.05, 3.63) is 35.4 Å². The number of hydrogen-bond donors (Lipinski definition) is 4. The monoisotopic (exact) mass is 465 g/mol. The summed E-state index contributed by atoms with van der Waals surface area (Å²) >= 11 is 6.09. The molecule has 174 valence electrons. The number of methoxy groups -OCH3 is 1. The van der Waals surface area contributed by atoms with E-state index in [0.29, 0.717) is 23.2 Å². The first-order valence-electron chi connectivity index (χ1n) is 10.3. The molecule has 11 nitrogen and oxygen atoms in total. The molecule has 5 rings (SSSR count). The first-order valence-corrected chi connectivity index (χ1v) is 10.6. The van der Waals surface area contributed by atoms with Gasteiger partial charge in [-0.2, -0.15) is 5.10 Å². The van der Waals surface area contributed by atoms with Gasteiger partial charge in [-0.1, -0.05) is 11.6 Å². The predicted molar refractivity (Wildman–Crippen MR) is 119 cm³/mol. The summed E-state index contributed by atoms with van der Waals surface area (Å²) in [5.41, 5.74) is 1.34. The van der Waals surface area contributed by atoms with E-state index in [1.165, 1.54) is 12.8 Å². The van der Waals surface area contributed by atoms with Crippen molar-refractivity contribution in [1.29, 1.82) is 0 Å². The van der Waals surface area contributed by atoms with E-state index in [1.54, 1.807) is 30.0 Å². The van der Waals surface area contributed by atoms with Gasteiger partial charge in [-0.05, 0) is 32.6 Å². The van der Waals surface area contributed by atoms with E-state index in [4.69, 9.17) is 26.2 Å². The van der Waals surface area contributed by atoms with Crippen LogP contribution in [0.1, 0.15) is 38.3 Å². The highest BCUT2D eigenvalue weighted by Gasteiger charge is 2.38. The van der Waals surface area contributed by atoms with Crippen LogP contribution in [0.4, 0.5) is 16.6 Å². The molecule has 0 unspecified atom stereocenters. The molecule has 3 aromatic rings. The van der Waals surface area contributed by atoms with Crippen molar-refractivity contribution in [2.45, 2.75) is 44.8 Å².